The van der Waals surface area contributed by atoms with Crippen LogP contribution in [-0.2, 0) is 9.53 Å². The zero-order chi connectivity index (χ0) is 18.7. The first kappa shape index (κ1) is 17.8. The molecule has 1 amide bonds. The van der Waals surface area contributed by atoms with Gasteiger partial charge in [0.25, 0.3) is 5.91 Å². The average molecular weight is 370 g/mol. The van der Waals surface area contributed by atoms with Crippen LogP contribution in [-0.4, -0.2) is 30.9 Å². The lowest BCUT2D eigenvalue weighted by Crippen LogP contribution is -2.27. The molecule has 0 unspecified atom stereocenters. The van der Waals surface area contributed by atoms with E-state index < -0.39 is 11.9 Å². The first-order chi connectivity index (χ1) is 12.5. The summed E-state index contributed by atoms with van der Waals surface area (Å²) in [4.78, 5) is 28.7. The number of anilines is 1. The van der Waals surface area contributed by atoms with E-state index in [1.807, 2.05) is 30.3 Å². The lowest BCUT2D eigenvalue weighted by molar-refractivity contribution is -0.118. The molecule has 2 aromatic carbocycles. The number of carbonyl (C=O) groups excluding carboxylic acids is 2. The highest BCUT2D eigenvalue weighted by Gasteiger charge is 2.33. The zero-order valence-corrected chi connectivity index (χ0v) is 15.0. The van der Waals surface area contributed by atoms with Crippen molar-refractivity contribution in [2.45, 2.75) is 6.92 Å². The van der Waals surface area contributed by atoms with Gasteiger partial charge in [-0.15, -0.1) is 0 Å². The molecule has 7 heteroatoms. The quantitative estimate of drug-likeness (QED) is 0.606. The Hall–Kier alpha value is -2.99. The van der Waals surface area contributed by atoms with Crippen LogP contribution in [0.1, 0.15) is 17.3 Å². The van der Waals surface area contributed by atoms with Gasteiger partial charge in [0.05, 0.1) is 34.8 Å². The normalized spacial score (nSPS) is 16.9. The van der Waals surface area contributed by atoms with Crippen molar-refractivity contribution in [2.24, 2.45) is 16.0 Å². The number of hydrogen-bond acceptors (Lipinski definition) is 5. The maximum Gasteiger partial charge on any atom is 0.339 e. The third kappa shape index (κ3) is 3.50. The van der Waals surface area contributed by atoms with Gasteiger partial charge in [-0.1, -0.05) is 29.8 Å². The number of hydrogen-bond donors (Lipinski definition) is 0. The predicted molar refractivity (Wildman–Crippen MR) is 101 cm³/mol. The van der Waals surface area contributed by atoms with Crippen molar-refractivity contribution < 1.29 is 14.3 Å². The lowest BCUT2D eigenvalue weighted by atomic mass is 10.1. The first-order valence-electron chi connectivity index (χ1n) is 7.87. The summed E-state index contributed by atoms with van der Waals surface area (Å²) in [7, 11) is 1.28. The van der Waals surface area contributed by atoms with Gasteiger partial charge in [0.15, 0.2) is 0 Å². The first-order valence-corrected chi connectivity index (χ1v) is 8.25. The predicted octanol–water partition coefficient (Wildman–Crippen LogP) is 3.87. The molecule has 0 saturated carbocycles. The van der Waals surface area contributed by atoms with E-state index in [0.29, 0.717) is 17.1 Å². The topological polar surface area (TPSA) is 71.3 Å². The SMILES string of the molecule is COC(=O)c1cc(N=C[C@@H]2C(=O)N(c3ccccc3)N=C2C)ccc1Cl. The highest BCUT2D eigenvalue weighted by molar-refractivity contribution is 6.33. The summed E-state index contributed by atoms with van der Waals surface area (Å²) >= 11 is 6.00. The van der Waals surface area contributed by atoms with Crippen LogP contribution in [0.25, 0.3) is 0 Å². The van der Waals surface area contributed by atoms with Crippen LogP contribution >= 0.6 is 11.6 Å². The Labute approximate surface area is 155 Å². The van der Waals surface area contributed by atoms with E-state index in [0.717, 1.165) is 0 Å². The molecule has 1 heterocycles. The fraction of sp³-hybridized carbons (Fsp3) is 0.158. The molecule has 0 bridgehead atoms. The van der Waals surface area contributed by atoms with Crippen LogP contribution in [0, 0.1) is 5.92 Å². The summed E-state index contributed by atoms with van der Waals surface area (Å²) in [6.07, 6.45) is 1.52. The molecule has 26 heavy (non-hydrogen) atoms. The van der Waals surface area contributed by atoms with E-state index >= 15 is 0 Å². The summed E-state index contributed by atoms with van der Waals surface area (Å²) in [5.41, 5.74) is 2.06. The number of nitrogens with zero attached hydrogens (tertiary/aromatic N) is 3. The van der Waals surface area contributed by atoms with E-state index in [1.165, 1.54) is 24.4 Å². The van der Waals surface area contributed by atoms with Gasteiger partial charge >= 0.3 is 5.97 Å². The number of methoxy groups -OCH3 is 1. The third-order valence-electron chi connectivity index (χ3n) is 3.91. The van der Waals surface area contributed by atoms with E-state index in [4.69, 9.17) is 16.3 Å². The minimum absolute atomic E-state index is 0.181. The van der Waals surface area contributed by atoms with Gasteiger partial charge in [-0.05, 0) is 37.3 Å². The molecule has 0 fully saturated rings. The number of aliphatic imine (C=N–C) groups is 1. The van der Waals surface area contributed by atoms with Crippen molar-refractivity contribution in [3.63, 3.8) is 0 Å². The number of esters is 1. The zero-order valence-electron chi connectivity index (χ0n) is 14.2. The van der Waals surface area contributed by atoms with Gasteiger partial charge in [0.1, 0.15) is 5.92 Å². The molecule has 0 aliphatic carbocycles. The van der Waals surface area contributed by atoms with Gasteiger partial charge in [-0.2, -0.15) is 10.1 Å². The van der Waals surface area contributed by atoms with Gasteiger partial charge in [0, 0.05) is 6.21 Å². The van der Waals surface area contributed by atoms with Gasteiger partial charge in [0.2, 0.25) is 0 Å². The third-order valence-corrected chi connectivity index (χ3v) is 4.24. The monoisotopic (exact) mass is 369 g/mol. The lowest BCUT2D eigenvalue weighted by Gasteiger charge is -2.12. The van der Waals surface area contributed by atoms with Gasteiger partial charge in [-0.3, -0.25) is 9.79 Å². The molecule has 0 aromatic heterocycles. The molecular formula is C19H16ClN3O3. The Morgan fingerprint density at radius 3 is 2.69 bits per heavy atom. The van der Waals surface area contributed by atoms with Crippen molar-refractivity contribution in [2.75, 3.05) is 12.1 Å². The summed E-state index contributed by atoms with van der Waals surface area (Å²) in [5, 5.41) is 5.97. The number of para-hydroxylation sites is 1. The van der Waals surface area contributed by atoms with Gasteiger partial charge in [-0.25, -0.2) is 4.79 Å². The molecule has 3 rings (SSSR count). The highest BCUT2D eigenvalue weighted by Crippen LogP contribution is 2.25. The largest absolute Gasteiger partial charge is 0.465 e. The van der Waals surface area contributed by atoms with E-state index in [2.05, 4.69) is 10.1 Å². The van der Waals surface area contributed by atoms with Crippen LogP contribution in [0.15, 0.2) is 58.6 Å². The molecule has 132 valence electrons. The number of hydrazone groups is 1. The minimum atomic E-state index is -0.563. The van der Waals surface area contributed by atoms with Crippen molar-refractivity contribution in [1.29, 1.82) is 0 Å². The van der Waals surface area contributed by atoms with E-state index in [1.54, 1.807) is 19.1 Å². The molecular weight excluding hydrogens is 354 g/mol. The second-order valence-corrected chi connectivity index (χ2v) is 6.05. The van der Waals surface area contributed by atoms with Crippen molar-refractivity contribution in [3.05, 3.63) is 59.1 Å². The molecule has 1 atom stereocenters. The number of rotatable bonds is 4. The Morgan fingerprint density at radius 2 is 2.00 bits per heavy atom. The molecule has 0 N–H and O–H groups in total. The Balaban J connectivity index is 1.82. The summed E-state index contributed by atoms with van der Waals surface area (Å²) in [5.74, 6) is -1.29. The van der Waals surface area contributed by atoms with Gasteiger partial charge < -0.3 is 4.74 Å². The molecule has 6 nitrogen and oxygen atoms in total. The van der Waals surface area contributed by atoms with Crippen LogP contribution in [0.4, 0.5) is 11.4 Å². The van der Waals surface area contributed by atoms with Crippen LogP contribution in [0.3, 0.4) is 0 Å². The number of carbonyl (C=O) groups is 2. The molecule has 0 spiro atoms. The van der Waals surface area contributed by atoms with E-state index in [9.17, 15) is 9.59 Å². The van der Waals surface area contributed by atoms with Crippen molar-refractivity contribution >= 4 is 46.8 Å². The molecule has 0 radical (unpaired) electrons. The molecule has 0 saturated heterocycles. The number of ether oxygens (including phenoxy) is 1. The van der Waals surface area contributed by atoms with Crippen LogP contribution in [0.5, 0.6) is 0 Å². The summed E-state index contributed by atoms with van der Waals surface area (Å²) < 4.78 is 4.69. The maximum atomic E-state index is 12.6. The number of halogens is 1. The Morgan fingerprint density at radius 1 is 1.27 bits per heavy atom. The molecule has 1 aliphatic heterocycles. The number of benzene rings is 2. The molecule has 1 aliphatic rings. The Kier molecular flexibility index (Phi) is 5.14. The Bertz CT molecular complexity index is 910. The number of amides is 1. The molecule has 2 aromatic rings. The summed E-state index contributed by atoms with van der Waals surface area (Å²) in [6.45, 7) is 1.78. The van der Waals surface area contributed by atoms with Crippen molar-refractivity contribution in [1.82, 2.24) is 0 Å². The standard InChI is InChI=1S/C19H16ClN3O3/c1-12-16(18(24)23(22-12)14-6-4-3-5-7-14)11-21-13-8-9-17(20)15(10-13)19(25)26-2/h3-11,16H,1-2H3/t16-/m0/s1. The second kappa shape index (κ2) is 7.49. The van der Waals surface area contributed by atoms with Crippen molar-refractivity contribution in [3.8, 4) is 0 Å². The van der Waals surface area contributed by atoms with E-state index in [-0.39, 0.29) is 16.5 Å². The smallest absolute Gasteiger partial charge is 0.339 e. The second-order valence-electron chi connectivity index (χ2n) is 5.64. The minimum Gasteiger partial charge on any atom is -0.465 e. The fourth-order valence-corrected chi connectivity index (χ4v) is 2.72. The maximum absolute atomic E-state index is 12.6. The average Bonchev–Trinajstić information content (AvgIpc) is 2.95. The van der Waals surface area contributed by atoms with Crippen LogP contribution in [0.2, 0.25) is 5.02 Å². The van der Waals surface area contributed by atoms with Crippen LogP contribution < -0.4 is 5.01 Å². The fourth-order valence-electron chi connectivity index (χ4n) is 2.53. The highest BCUT2D eigenvalue weighted by atomic mass is 35.5. The summed E-state index contributed by atoms with van der Waals surface area (Å²) in [6, 6.07) is 13.9.